The highest BCUT2D eigenvalue weighted by Crippen LogP contribution is 2.31. The van der Waals surface area contributed by atoms with Gasteiger partial charge in [-0.1, -0.05) is 59.6 Å². The fourth-order valence-electron chi connectivity index (χ4n) is 2.15. The SMILES string of the molecule is CCCc1cccc(C(O)c2c(F)cccc2Br)c1. The normalized spacial score (nSPS) is 12.4. The quantitative estimate of drug-likeness (QED) is 0.870. The molecule has 1 nitrogen and oxygen atoms in total. The molecule has 2 aromatic rings. The molecule has 19 heavy (non-hydrogen) atoms. The van der Waals surface area contributed by atoms with E-state index in [4.69, 9.17) is 0 Å². The summed E-state index contributed by atoms with van der Waals surface area (Å²) in [6, 6.07) is 12.4. The lowest BCUT2D eigenvalue weighted by Crippen LogP contribution is -2.04. The molecule has 1 atom stereocenters. The van der Waals surface area contributed by atoms with Crippen molar-refractivity contribution in [3.05, 3.63) is 69.4 Å². The molecule has 0 spiro atoms. The molecule has 0 radical (unpaired) electrons. The van der Waals surface area contributed by atoms with E-state index < -0.39 is 11.9 Å². The van der Waals surface area contributed by atoms with Gasteiger partial charge in [0.25, 0.3) is 0 Å². The van der Waals surface area contributed by atoms with Gasteiger partial charge in [-0.15, -0.1) is 0 Å². The summed E-state index contributed by atoms with van der Waals surface area (Å²) in [7, 11) is 0. The number of benzene rings is 2. The van der Waals surface area contributed by atoms with Crippen LogP contribution in [0.5, 0.6) is 0 Å². The summed E-state index contributed by atoms with van der Waals surface area (Å²) in [6.45, 7) is 2.11. The number of aliphatic hydroxyl groups excluding tert-OH is 1. The first-order valence-corrected chi connectivity index (χ1v) is 7.13. The molecule has 0 aromatic heterocycles. The Hall–Kier alpha value is -1.19. The standard InChI is InChI=1S/C16H16BrFO/c1-2-5-11-6-3-7-12(10-11)16(19)15-13(17)8-4-9-14(15)18/h3-4,6-10,16,19H,2,5H2,1H3. The molecule has 3 heteroatoms. The lowest BCUT2D eigenvalue weighted by atomic mass is 9.98. The zero-order valence-corrected chi connectivity index (χ0v) is 12.3. The lowest BCUT2D eigenvalue weighted by molar-refractivity contribution is 0.214. The molecule has 0 aliphatic heterocycles. The predicted molar refractivity (Wildman–Crippen MR) is 78.6 cm³/mol. The minimum absolute atomic E-state index is 0.288. The summed E-state index contributed by atoms with van der Waals surface area (Å²) in [5.74, 6) is -0.400. The second kappa shape index (κ2) is 6.31. The van der Waals surface area contributed by atoms with Gasteiger partial charge in [-0.25, -0.2) is 4.39 Å². The van der Waals surface area contributed by atoms with Crippen LogP contribution in [0.1, 0.15) is 36.1 Å². The topological polar surface area (TPSA) is 20.2 Å². The number of rotatable bonds is 4. The number of aryl methyl sites for hydroxylation is 1. The van der Waals surface area contributed by atoms with Crippen LogP contribution in [-0.4, -0.2) is 5.11 Å². The Labute approximate surface area is 121 Å². The molecule has 0 bridgehead atoms. The van der Waals surface area contributed by atoms with Gasteiger partial charge in [0.05, 0.1) is 0 Å². The van der Waals surface area contributed by atoms with Gasteiger partial charge in [0.2, 0.25) is 0 Å². The van der Waals surface area contributed by atoms with Crippen molar-refractivity contribution < 1.29 is 9.50 Å². The van der Waals surface area contributed by atoms with Crippen molar-refractivity contribution in [2.24, 2.45) is 0 Å². The average Bonchev–Trinajstić information content (AvgIpc) is 2.39. The lowest BCUT2D eigenvalue weighted by Gasteiger charge is -2.15. The summed E-state index contributed by atoms with van der Waals surface area (Å²) in [5.41, 5.74) is 2.17. The van der Waals surface area contributed by atoms with Gasteiger partial charge >= 0.3 is 0 Å². The Morgan fingerprint density at radius 1 is 1.21 bits per heavy atom. The maximum atomic E-state index is 13.8. The van der Waals surface area contributed by atoms with Gasteiger partial charge in [0.1, 0.15) is 11.9 Å². The Kier molecular flexibility index (Phi) is 4.72. The van der Waals surface area contributed by atoms with Crippen LogP contribution in [0.4, 0.5) is 4.39 Å². The van der Waals surface area contributed by atoms with Crippen LogP contribution in [0.15, 0.2) is 46.9 Å². The smallest absolute Gasteiger partial charge is 0.130 e. The van der Waals surface area contributed by atoms with E-state index in [1.807, 2.05) is 24.3 Å². The number of hydrogen-bond donors (Lipinski definition) is 1. The highest BCUT2D eigenvalue weighted by atomic mass is 79.9. The van der Waals surface area contributed by atoms with Crippen LogP contribution in [0, 0.1) is 5.82 Å². The highest BCUT2D eigenvalue weighted by molar-refractivity contribution is 9.10. The van der Waals surface area contributed by atoms with Crippen molar-refractivity contribution in [2.45, 2.75) is 25.9 Å². The van der Waals surface area contributed by atoms with E-state index in [0.29, 0.717) is 4.47 Å². The van der Waals surface area contributed by atoms with Gasteiger partial charge in [-0.05, 0) is 29.7 Å². The zero-order chi connectivity index (χ0) is 13.8. The molecular formula is C16H16BrFO. The van der Waals surface area contributed by atoms with E-state index in [1.54, 1.807) is 12.1 Å². The molecule has 1 N–H and O–H groups in total. The van der Waals surface area contributed by atoms with Gasteiger partial charge in [-0.3, -0.25) is 0 Å². The van der Waals surface area contributed by atoms with Crippen LogP contribution >= 0.6 is 15.9 Å². The Balaban J connectivity index is 2.38. The van der Waals surface area contributed by atoms with Gasteiger partial charge in [-0.2, -0.15) is 0 Å². The van der Waals surface area contributed by atoms with Crippen molar-refractivity contribution in [3.63, 3.8) is 0 Å². The molecule has 0 saturated carbocycles. The summed E-state index contributed by atoms with van der Waals surface area (Å²) < 4.78 is 14.4. The molecule has 0 saturated heterocycles. The zero-order valence-electron chi connectivity index (χ0n) is 10.7. The maximum absolute atomic E-state index is 13.8. The van der Waals surface area contributed by atoms with E-state index in [1.165, 1.54) is 6.07 Å². The first-order valence-electron chi connectivity index (χ1n) is 6.34. The van der Waals surface area contributed by atoms with E-state index in [2.05, 4.69) is 22.9 Å². The molecule has 100 valence electrons. The Morgan fingerprint density at radius 2 is 1.95 bits per heavy atom. The monoisotopic (exact) mass is 322 g/mol. The van der Waals surface area contributed by atoms with Crippen molar-refractivity contribution >= 4 is 15.9 Å². The van der Waals surface area contributed by atoms with Crippen LogP contribution in [0.3, 0.4) is 0 Å². The van der Waals surface area contributed by atoms with Crippen molar-refractivity contribution in [1.82, 2.24) is 0 Å². The highest BCUT2D eigenvalue weighted by Gasteiger charge is 2.18. The van der Waals surface area contributed by atoms with Crippen molar-refractivity contribution in [2.75, 3.05) is 0 Å². The minimum Gasteiger partial charge on any atom is -0.384 e. The molecular weight excluding hydrogens is 307 g/mol. The molecule has 0 heterocycles. The van der Waals surface area contributed by atoms with E-state index in [-0.39, 0.29) is 5.56 Å². The van der Waals surface area contributed by atoms with Gasteiger partial charge < -0.3 is 5.11 Å². The van der Waals surface area contributed by atoms with Crippen LogP contribution in [0.25, 0.3) is 0 Å². The molecule has 2 rings (SSSR count). The number of halogens is 2. The minimum atomic E-state index is -0.951. The third-order valence-corrected chi connectivity index (χ3v) is 3.77. The average molecular weight is 323 g/mol. The fourth-order valence-corrected chi connectivity index (χ4v) is 2.70. The Morgan fingerprint density at radius 3 is 2.63 bits per heavy atom. The molecule has 0 amide bonds. The first-order chi connectivity index (χ1) is 9.13. The third kappa shape index (κ3) is 3.23. The largest absolute Gasteiger partial charge is 0.384 e. The van der Waals surface area contributed by atoms with Crippen LogP contribution in [0.2, 0.25) is 0 Å². The summed E-state index contributed by atoms with van der Waals surface area (Å²) in [4.78, 5) is 0. The summed E-state index contributed by atoms with van der Waals surface area (Å²) in [5, 5.41) is 10.4. The second-order valence-corrected chi connectivity index (χ2v) is 5.39. The number of aliphatic hydroxyl groups is 1. The Bertz CT molecular complexity index is 548. The third-order valence-electron chi connectivity index (χ3n) is 3.08. The predicted octanol–water partition coefficient (Wildman–Crippen LogP) is 4.62. The van der Waals surface area contributed by atoms with Gasteiger partial charge in [0.15, 0.2) is 0 Å². The molecule has 1 unspecified atom stereocenters. The molecule has 0 aliphatic carbocycles. The molecule has 0 fully saturated rings. The van der Waals surface area contributed by atoms with Crippen molar-refractivity contribution in [3.8, 4) is 0 Å². The first kappa shape index (κ1) is 14.2. The fraction of sp³-hybridized carbons (Fsp3) is 0.250. The van der Waals surface area contributed by atoms with Crippen LogP contribution in [-0.2, 0) is 6.42 Å². The molecule has 0 aliphatic rings. The van der Waals surface area contributed by atoms with Crippen LogP contribution < -0.4 is 0 Å². The van der Waals surface area contributed by atoms with Crippen molar-refractivity contribution in [1.29, 1.82) is 0 Å². The summed E-state index contributed by atoms with van der Waals surface area (Å²) >= 11 is 3.29. The maximum Gasteiger partial charge on any atom is 0.130 e. The van der Waals surface area contributed by atoms with E-state index >= 15 is 0 Å². The second-order valence-electron chi connectivity index (χ2n) is 4.53. The van der Waals surface area contributed by atoms with E-state index in [9.17, 15) is 9.50 Å². The van der Waals surface area contributed by atoms with Gasteiger partial charge in [0, 0.05) is 10.0 Å². The van der Waals surface area contributed by atoms with E-state index in [0.717, 1.165) is 24.0 Å². The number of hydrogen-bond acceptors (Lipinski definition) is 1. The molecule has 2 aromatic carbocycles. The summed E-state index contributed by atoms with van der Waals surface area (Å²) in [6.07, 6.45) is 1.05.